The third kappa shape index (κ3) is 7.66. The molecule has 1 N–H and O–H groups in total. The van der Waals surface area contributed by atoms with Gasteiger partial charge in [0.05, 0.1) is 29.1 Å². The van der Waals surface area contributed by atoms with Gasteiger partial charge in [-0.15, -0.1) is 0 Å². The number of ether oxygens (including phenoxy) is 1. The van der Waals surface area contributed by atoms with Crippen molar-refractivity contribution < 1.29 is 22.3 Å². The van der Waals surface area contributed by atoms with Crippen LogP contribution in [0.25, 0.3) is 22.8 Å². The fourth-order valence-electron chi connectivity index (χ4n) is 6.38. The first-order valence-electron chi connectivity index (χ1n) is 16.1. The van der Waals surface area contributed by atoms with Gasteiger partial charge in [0.1, 0.15) is 18.2 Å². The monoisotopic (exact) mass is 727 g/mol. The zero-order valence-corrected chi connectivity index (χ0v) is 31.7. The predicted molar refractivity (Wildman–Crippen MR) is 188 cm³/mol. The Labute approximate surface area is 292 Å². The maximum Gasteiger partial charge on any atom is 0.401 e. The van der Waals surface area contributed by atoms with Gasteiger partial charge in [-0.25, -0.2) is 9.97 Å². The predicted octanol–water partition coefficient (Wildman–Crippen LogP) is 7.14. The van der Waals surface area contributed by atoms with Crippen LogP contribution in [0.5, 0.6) is 5.75 Å². The van der Waals surface area contributed by atoms with Crippen molar-refractivity contribution in [2.45, 2.75) is 65.0 Å². The number of anilines is 1. The molecule has 5 rings (SSSR count). The second-order valence-corrected chi connectivity index (χ2v) is 20.4. The minimum absolute atomic E-state index is 0.0538. The summed E-state index contributed by atoms with van der Waals surface area (Å²) in [6.45, 7) is 17.0. The lowest BCUT2D eigenvalue weighted by Gasteiger charge is -2.61. The summed E-state index contributed by atoms with van der Waals surface area (Å²) in [5, 5.41) is 8.50. The van der Waals surface area contributed by atoms with Gasteiger partial charge in [0.2, 0.25) is 0 Å². The molecule has 2 aliphatic rings. The van der Waals surface area contributed by atoms with E-state index >= 15 is 0 Å². The molecule has 9 nitrogen and oxygen atoms in total. The molecule has 4 heterocycles. The summed E-state index contributed by atoms with van der Waals surface area (Å²) in [4.78, 5) is 13.6. The molecule has 2 saturated heterocycles. The Bertz CT molecular complexity index is 1650. The van der Waals surface area contributed by atoms with E-state index < -0.39 is 21.0 Å². The third-order valence-electron chi connectivity index (χ3n) is 9.76. The van der Waals surface area contributed by atoms with Crippen LogP contribution in [0.3, 0.4) is 0 Å². The van der Waals surface area contributed by atoms with Crippen molar-refractivity contribution in [3.05, 3.63) is 39.5 Å². The van der Waals surface area contributed by atoms with E-state index in [1.54, 1.807) is 10.7 Å². The van der Waals surface area contributed by atoms with Crippen LogP contribution in [0.2, 0.25) is 28.3 Å². The molecule has 0 saturated carbocycles. The smallest absolute Gasteiger partial charge is 0.401 e. The van der Waals surface area contributed by atoms with E-state index in [0.29, 0.717) is 78.2 Å². The molecule has 1 spiro atoms. The van der Waals surface area contributed by atoms with E-state index in [9.17, 15) is 13.2 Å². The number of likely N-dealkylation sites (tertiary alicyclic amines) is 1. The normalized spacial score (nSPS) is 17.4. The molecule has 2 fully saturated rings. The minimum Gasteiger partial charge on any atom is -0.491 e. The van der Waals surface area contributed by atoms with Crippen LogP contribution in [0, 0.1) is 19.3 Å². The lowest BCUT2D eigenvalue weighted by atomic mass is 9.72. The van der Waals surface area contributed by atoms with Crippen LogP contribution in [-0.4, -0.2) is 98.2 Å². The van der Waals surface area contributed by atoms with Crippen LogP contribution in [-0.2, 0) is 11.5 Å². The number of hydrogen-bond donors (Lipinski definition) is 1. The first-order chi connectivity index (χ1) is 22.2. The molecular formula is C33H46Cl2F3N7O2Si. The van der Waals surface area contributed by atoms with Crippen LogP contribution in [0.4, 0.5) is 19.0 Å². The van der Waals surface area contributed by atoms with Crippen LogP contribution >= 0.6 is 23.2 Å². The molecule has 15 heteroatoms. The summed E-state index contributed by atoms with van der Waals surface area (Å²) in [6, 6.07) is 5.42. The van der Waals surface area contributed by atoms with Crippen molar-refractivity contribution in [2.24, 2.45) is 12.5 Å². The van der Waals surface area contributed by atoms with E-state index in [1.807, 2.05) is 40.1 Å². The van der Waals surface area contributed by atoms with Gasteiger partial charge in [-0.2, -0.15) is 18.3 Å². The number of hydrogen-bond acceptors (Lipinski definition) is 8. The van der Waals surface area contributed by atoms with Gasteiger partial charge in [0.25, 0.3) is 0 Å². The first-order valence-corrected chi connectivity index (χ1v) is 19.8. The van der Waals surface area contributed by atoms with E-state index in [2.05, 4.69) is 49.2 Å². The number of aryl methyl sites for hydroxylation is 1. The molecular weight excluding hydrogens is 682 g/mol. The van der Waals surface area contributed by atoms with Crippen molar-refractivity contribution in [2.75, 3.05) is 57.8 Å². The number of benzene rings is 1. The van der Waals surface area contributed by atoms with E-state index in [0.717, 1.165) is 16.8 Å². The number of nitrogens with one attached hydrogen (secondary N) is 1. The van der Waals surface area contributed by atoms with Crippen molar-refractivity contribution >= 4 is 37.3 Å². The standard InChI is InChI=1S/C33H46Cl2F3N7O2Si/c1-20-26(27-21(2)28(35)42-43(27)7)40-29(41-30(20)45-17-32(18-45)15-44(16-32)19-33(36,37)38)24-12-22(10-11-25(24)34)46-14-23(13-39-6)47-48(8,9)31(3,4)5/h10-12,23,39H,13-19H2,1-9H3/t23-/m1/s1. The van der Waals surface area contributed by atoms with Crippen molar-refractivity contribution in [3.8, 4) is 28.5 Å². The molecule has 0 aliphatic carbocycles. The topological polar surface area (TPSA) is 80.6 Å². The highest BCUT2D eigenvalue weighted by Gasteiger charge is 2.54. The Morgan fingerprint density at radius 2 is 1.71 bits per heavy atom. The first kappa shape index (κ1) is 36.8. The highest BCUT2D eigenvalue weighted by Crippen LogP contribution is 2.45. The Balaban J connectivity index is 1.45. The number of rotatable bonds is 11. The van der Waals surface area contributed by atoms with Crippen LogP contribution in [0.1, 0.15) is 31.9 Å². The van der Waals surface area contributed by atoms with Gasteiger partial charge in [-0.1, -0.05) is 44.0 Å². The summed E-state index contributed by atoms with van der Waals surface area (Å²) in [5.41, 5.74) is 3.41. The highest BCUT2D eigenvalue weighted by atomic mass is 35.5. The lowest BCUT2D eigenvalue weighted by molar-refractivity contribution is -0.172. The summed E-state index contributed by atoms with van der Waals surface area (Å²) >= 11 is 13.2. The lowest BCUT2D eigenvalue weighted by Crippen LogP contribution is -2.73. The molecule has 264 valence electrons. The molecule has 0 amide bonds. The average molecular weight is 729 g/mol. The molecule has 48 heavy (non-hydrogen) atoms. The molecule has 2 aliphatic heterocycles. The van der Waals surface area contributed by atoms with Gasteiger partial charge in [-0.3, -0.25) is 9.58 Å². The Hall–Kier alpha value is -2.42. The Morgan fingerprint density at radius 3 is 2.27 bits per heavy atom. The van der Waals surface area contributed by atoms with Gasteiger partial charge >= 0.3 is 6.18 Å². The number of nitrogens with zero attached hydrogens (tertiary/aromatic N) is 6. The summed E-state index contributed by atoms with van der Waals surface area (Å²) < 4.78 is 53.5. The zero-order chi connectivity index (χ0) is 35.4. The molecule has 1 aromatic carbocycles. The molecule has 0 bridgehead atoms. The van der Waals surface area contributed by atoms with Crippen LogP contribution < -0.4 is 15.0 Å². The summed E-state index contributed by atoms with van der Waals surface area (Å²) in [7, 11) is 1.67. The average Bonchev–Trinajstić information content (AvgIpc) is 3.18. The molecule has 3 aromatic rings. The van der Waals surface area contributed by atoms with E-state index in [-0.39, 0.29) is 16.6 Å². The van der Waals surface area contributed by atoms with Gasteiger partial charge in [-0.05, 0) is 57.2 Å². The maximum absolute atomic E-state index is 13.0. The second kappa shape index (κ2) is 13.4. The Kier molecular flexibility index (Phi) is 10.3. The van der Waals surface area contributed by atoms with Crippen LogP contribution in [0.15, 0.2) is 18.2 Å². The summed E-state index contributed by atoms with van der Waals surface area (Å²) in [6.07, 6.45) is -4.36. The van der Waals surface area contributed by atoms with Crippen molar-refractivity contribution in [3.63, 3.8) is 0 Å². The highest BCUT2D eigenvalue weighted by molar-refractivity contribution is 6.74. The number of alkyl halides is 3. The quantitative estimate of drug-likeness (QED) is 0.209. The number of halogens is 5. The van der Waals surface area contributed by atoms with Gasteiger partial charge in [0, 0.05) is 61.9 Å². The fraction of sp³-hybridized carbons (Fsp3) is 0.606. The Morgan fingerprint density at radius 1 is 1.04 bits per heavy atom. The molecule has 2 aromatic heterocycles. The van der Waals surface area contributed by atoms with Crippen molar-refractivity contribution in [1.29, 1.82) is 0 Å². The SMILES string of the molecule is CNC[C@H](COc1ccc(Cl)c(-c2nc(-c3c(C)c(Cl)nn3C)c(C)c(N3CC4(CN(CC(F)(F)F)C4)C3)n2)c1)O[Si](C)(C)C(C)(C)C. The number of likely N-dealkylation sites (N-methyl/N-ethyl adjacent to an activating group) is 1. The minimum atomic E-state index is -4.20. The molecule has 0 unspecified atom stereocenters. The summed E-state index contributed by atoms with van der Waals surface area (Å²) in [5.74, 6) is 1.70. The molecule has 0 radical (unpaired) electrons. The zero-order valence-electron chi connectivity index (χ0n) is 29.1. The maximum atomic E-state index is 13.0. The number of aromatic nitrogens is 4. The van der Waals surface area contributed by atoms with Crippen molar-refractivity contribution in [1.82, 2.24) is 30.0 Å². The van der Waals surface area contributed by atoms with E-state index in [1.165, 1.54) is 4.90 Å². The second-order valence-electron chi connectivity index (χ2n) is 14.9. The van der Waals surface area contributed by atoms with Gasteiger partial charge in [0.15, 0.2) is 19.3 Å². The van der Waals surface area contributed by atoms with Gasteiger partial charge < -0.3 is 19.4 Å². The third-order valence-corrected chi connectivity index (χ3v) is 15.0. The molecule has 1 atom stereocenters. The van der Waals surface area contributed by atoms with E-state index in [4.69, 9.17) is 42.3 Å². The largest absolute Gasteiger partial charge is 0.491 e. The fourth-order valence-corrected chi connectivity index (χ4v) is 8.13.